The molecule has 2 rings (SSSR count). The molecule has 1 heterocycles. The second-order valence-electron chi connectivity index (χ2n) is 4.80. The molecule has 0 fully saturated rings. The van der Waals surface area contributed by atoms with Crippen LogP contribution >= 0.6 is 11.6 Å². The summed E-state index contributed by atoms with van der Waals surface area (Å²) in [5.74, 6) is 1.66. The van der Waals surface area contributed by atoms with Gasteiger partial charge in [0.15, 0.2) is 0 Å². The molecule has 0 saturated heterocycles. The number of nitrogens with zero attached hydrogens (tertiary/aromatic N) is 2. The molecule has 0 spiro atoms. The highest BCUT2D eigenvalue weighted by atomic mass is 35.5. The van der Waals surface area contributed by atoms with Gasteiger partial charge in [-0.05, 0) is 38.5 Å². The standard InChI is InChI=1S/C15H19ClN2/c1-11(2)18(9-8-16)15-12(3)10-13-6-4-5-7-14(13)17-15/h4-7,10-11H,8-9H2,1-3H3. The molecule has 0 aliphatic carbocycles. The van der Waals surface area contributed by atoms with Crippen molar-refractivity contribution < 1.29 is 0 Å². The molecule has 0 bridgehead atoms. The highest BCUT2D eigenvalue weighted by Crippen LogP contribution is 2.24. The average molecular weight is 263 g/mol. The minimum atomic E-state index is 0.399. The van der Waals surface area contributed by atoms with E-state index in [-0.39, 0.29) is 0 Å². The first-order chi connectivity index (χ1) is 8.63. The van der Waals surface area contributed by atoms with Crippen molar-refractivity contribution >= 4 is 28.3 Å². The number of hydrogen-bond acceptors (Lipinski definition) is 2. The number of aryl methyl sites for hydroxylation is 1. The van der Waals surface area contributed by atoms with Gasteiger partial charge in [-0.2, -0.15) is 0 Å². The number of hydrogen-bond donors (Lipinski definition) is 0. The van der Waals surface area contributed by atoms with E-state index < -0.39 is 0 Å². The van der Waals surface area contributed by atoms with Crippen LogP contribution in [0.25, 0.3) is 10.9 Å². The molecule has 0 N–H and O–H groups in total. The van der Waals surface area contributed by atoms with E-state index >= 15 is 0 Å². The molecule has 96 valence electrons. The molecule has 2 aromatic rings. The van der Waals surface area contributed by atoms with E-state index in [9.17, 15) is 0 Å². The number of fused-ring (bicyclic) bond motifs is 1. The molecule has 0 saturated carbocycles. The fourth-order valence-electron chi connectivity index (χ4n) is 2.20. The van der Waals surface area contributed by atoms with Crippen LogP contribution in [-0.4, -0.2) is 23.5 Å². The lowest BCUT2D eigenvalue weighted by Gasteiger charge is -2.28. The molecular formula is C15H19ClN2. The lowest BCUT2D eigenvalue weighted by Crippen LogP contribution is -2.33. The van der Waals surface area contributed by atoms with E-state index in [2.05, 4.69) is 43.9 Å². The maximum absolute atomic E-state index is 5.89. The zero-order valence-electron chi connectivity index (χ0n) is 11.2. The Morgan fingerprint density at radius 2 is 2.00 bits per heavy atom. The Morgan fingerprint density at radius 1 is 1.28 bits per heavy atom. The smallest absolute Gasteiger partial charge is 0.132 e. The van der Waals surface area contributed by atoms with Gasteiger partial charge in [0.2, 0.25) is 0 Å². The largest absolute Gasteiger partial charge is 0.353 e. The van der Waals surface area contributed by atoms with Gasteiger partial charge in [0.1, 0.15) is 5.82 Å². The van der Waals surface area contributed by atoms with E-state index in [1.807, 2.05) is 12.1 Å². The van der Waals surface area contributed by atoms with Crippen LogP contribution in [0, 0.1) is 6.92 Å². The molecular weight excluding hydrogens is 244 g/mol. The summed E-state index contributed by atoms with van der Waals surface area (Å²) in [4.78, 5) is 7.04. The average Bonchev–Trinajstić information content (AvgIpc) is 2.35. The Balaban J connectivity index is 2.51. The SMILES string of the molecule is Cc1cc2ccccc2nc1N(CCCl)C(C)C. The minimum Gasteiger partial charge on any atom is -0.353 e. The number of aromatic nitrogens is 1. The Labute approximate surface area is 114 Å². The lowest BCUT2D eigenvalue weighted by atomic mass is 10.1. The first-order valence-corrected chi connectivity index (χ1v) is 6.86. The van der Waals surface area contributed by atoms with Crippen LogP contribution in [0.1, 0.15) is 19.4 Å². The van der Waals surface area contributed by atoms with Crippen molar-refractivity contribution in [3.8, 4) is 0 Å². The zero-order valence-corrected chi connectivity index (χ0v) is 11.9. The fourth-order valence-corrected chi connectivity index (χ4v) is 2.38. The Bertz CT molecular complexity index is 537. The monoisotopic (exact) mass is 262 g/mol. The number of pyridine rings is 1. The van der Waals surface area contributed by atoms with Gasteiger partial charge in [-0.15, -0.1) is 11.6 Å². The molecule has 1 aromatic heterocycles. The summed E-state index contributed by atoms with van der Waals surface area (Å²) in [6.45, 7) is 7.27. The summed E-state index contributed by atoms with van der Waals surface area (Å²) >= 11 is 5.89. The van der Waals surface area contributed by atoms with E-state index in [0.717, 1.165) is 17.9 Å². The van der Waals surface area contributed by atoms with Gasteiger partial charge in [-0.3, -0.25) is 0 Å². The highest BCUT2D eigenvalue weighted by Gasteiger charge is 2.14. The van der Waals surface area contributed by atoms with Gasteiger partial charge in [0.05, 0.1) is 5.52 Å². The van der Waals surface area contributed by atoms with Crippen LogP contribution < -0.4 is 4.90 Å². The van der Waals surface area contributed by atoms with Gasteiger partial charge in [-0.1, -0.05) is 18.2 Å². The topological polar surface area (TPSA) is 16.1 Å². The van der Waals surface area contributed by atoms with Crippen LogP contribution in [-0.2, 0) is 0 Å². The summed E-state index contributed by atoms with van der Waals surface area (Å²) in [6.07, 6.45) is 0. The predicted octanol–water partition coefficient (Wildman–Crippen LogP) is 4.00. The van der Waals surface area contributed by atoms with E-state index in [4.69, 9.17) is 16.6 Å². The maximum atomic E-state index is 5.89. The number of halogens is 1. The molecule has 0 unspecified atom stereocenters. The fraction of sp³-hybridized carbons (Fsp3) is 0.400. The van der Waals surface area contributed by atoms with E-state index in [1.54, 1.807) is 0 Å². The summed E-state index contributed by atoms with van der Waals surface area (Å²) in [7, 11) is 0. The van der Waals surface area contributed by atoms with E-state index in [0.29, 0.717) is 11.9 Å². The van der Waals surface area contributed by atoms with Crippen molar-refractivity contribution in [1.29, 1.82) is 0 Å². The second-order valence-corrected chi connectivity index (χ2v) is 5.18. The van der Waals surface area contributed by atoms with Crippen LogP contribution in [0.3, 0.4) is 0 Å². The third kappa shape index (κ3) is 2.59. The van der Waals surface area contributed by atoms with E-state index in [1.165, 1.54) is 10.9 Å². The third-order valence-electron chi connectivity index (χ3n) is 3.11. The van der Waals surface area contributed by atoms with Crippen LogP contribution in [0.5, 0.6) is 0 Å². The molecule has 18 heavy (non-hydrogen) atoms. The van der Waals surface area contributed by atoms with Gasteiger partial charge in [-0.25, -0.2) is 4.98 Å². The number of alkyl halides is 1. The highest BCUT2D eigenvalue weighted by molar-refractivity contribution is 6.18. The normalized spacial score (nSPS) is 11.2. The molecule has 0 atom stereocenters. The van der Waals surface area contributed by atoms with Crippen molar-refractivity contribution in [2.45, 2.75) is 26.8 Å². The number of para-hydroxylation sites is 1. The van der Waals surface area contributed by atoms with Gasteiger partial charge in [0, 0.05) is 23.9 Å². The van der Waals surface area contributed by atoms with Gasteiger partial charge in [0.25, 0.3) is 0 Å². The molecule has 3 heteroatoms. The molecule has 0 aliphatic heterocycles. The molecule has 2 nitrogen and oxygen atoms in total. The number of benzene rings is 1. The van der Waals surface area contributed by atoms with Crippen LogP contribution in [0.4, 0.5) is 5.82 Å². The molecule has 0 amide bonds. The second kappa shape index (κ2) is 5.57. The summed E-state index contributed by atoms with van der Waals surface area (Å²) in [5.41, 5.74) is 2.24. The summed E-state index contributed by atoms with van der Waals surface area (Å²) in [5, 5.41) is 1.19. The minimum absolute atomic E-state index is 0.399. The maximum Gasteiger partial charge on any atom is 0.132 e. The van der Waals surface area contributed by atoms with Gasteiger partial charge >= 0.3 is 0 Å². The molecule has 0 radical (unpaired) electrons. The molecule has 0 aliphatic rings. The predicted molar refractivity (Wildman–Crippen MR) is 79.7 cm³/mol. The quantitative estimate of drug-likeness (QED) is 0.775. The van der Waals surface area contributed by atoms with Crippen molar-refractivity contribution in [2.24, 2.45) is 0 Å². The Morgan fingerprint density at radius 3 is 2.67 bits per heavy atom. The Kier molecular flexibility index (Phi) is 4.07. The van der Waals surface area contributed by atoms with Crippen molar-refractivity contribution in [1.82, 2.24) is 4.98 Å². The lowest BCUT2D eigenvalue weighted by molar-refractivity contribution is 0.694. The zero-order chi connectivity index (χ0) is 13.1. The summed E-state index contributed by atoms with van der Waals surface area (Å²) < 4.78 is 0. The number of rotatable bonds is 4. The first kappa shape index (κ1) is 13.2. The van der Waals surface area contributed by atoms with Gasteiger partial charge < -0.3 is 4.90 Å². The van der Waals surface area contributed by atoms with Crippen molar-refractivity contribution in [2.75, 3.05) is 17.3 Å². The first-order valence-electron chi connectivity index (χ1n) is 6.32. The Hall–Kier alpha value is -1.28. The summed E-state index contributed by atoms with van der Waals surface area (Å²) in [6, 6.07) is 10.8. The number of anilines is 1. The third-order valence-corrected chi connectivity index (χ3v) is 3.28. The molecule has 1 aromatic carbocycles. The van der Waals surface area contributed by atoms with Crippen LogP contribution in [0.2, 0.25) is 0 Å². The van der Waals surface area contributed by atoms with Crippen LogP contribution in [0.15, 0.2) is 30.3 Å². The van der Waals surface area contributed by atoms with Crippen molar-refractivity contribution in [3.63, 3.8) is 0 Å². The van der Waals surface area contributed by atoms with Crippen molar-refractivity contribution in [3.05, 3.63) is 35.9 Å².